The number of benzene rings is 1. The molecule has 4 heteroatoms. The molecule has 3 N–H and O–H groups in total. The summed E-state index contributed by atoms with van der Waals surface area (Å²) in [6, 6.07) is 12.4. The Morgan fingerprint density at radius 3 is 2.75 bits per heavy atom. The molecule has 1 atom stereocenters. The standard InChI is InChI=1S/C16H18N4/c1-11-6-7-13(9-12(11)2)16(19-17)14-10-18-20-8-4-3-5-15(14)20/h3-10,16,19H,17H2,1-2H3. The SMILES string of the molecule is Cc1ccc(C(NN)c2cnn3ccccc23)cc1C. The molecule has 2 aromatic heterocycles. The highest BCUT2D eigenvalue weighted by Crippen LogP contribution is 2.26. The van der Waals surface area contributed by atoms with E-state index in [0.717, 1.165) is 16.6 Å². The molecule has 0 saturated heterocycles. The Kier molecular flexibility index (Phi) is 3.26. The molecule has 0 aliphatic carbocycles. The highest BCUT2D eigenvalue weighted by molar-refractivity contribution is 5.57. The molecular weight excluding hydrogens is 248 g/mol. The summed E-state index contributed by atoms with van der Waals surface area (Å²) in [4.78, 5) is 0. The fraction of sp³-hybridized carbons (Fsp3) is 0.188. The van der Waals surface area contributed by atoms with Gasteiger partial charge in [-0.15, -0.1) is 0 Å². The third kappa shape index (κ3) is 2.09. The zero-order valence-corrected chi connectivity index (χ0v) is 11.7. The molecule has 102 valence electrons. The summed E-state index contributed by atoms with van der Waals surface area (Å²) in [5.41, 5.74) is 8.74. The van der Waals surface area contributed by atoms with Crippen LogP contribution in [0.1, 0.15) is 28.3 Å². The Balaban J connectivity index is 2.11. The van der Waals surface area contributed by atoms with Gasteiger partial charge in [0.15, 0.2) is 0 Å². The summed E-state index contributed by atoms with van der Waals surface area (Å²) in [5.74, 6) is 5.79. The van der Waals surface area contributed by atoms with E-state index in [0.29, 0.717) is 0 Å². The number of pyridine rings is 1. The number of hydrazine groups is 1. The summed E-state index contributed by atoms with van der Waals surface area (Å²) in [5, 5.41) is 4.37. The minimum absolute atomic E-state index is 0.0609. The minimum Gasteiger partial charge on any atom is -0.271 e. The van der Waals surface area contributed by atoms with Gasteiger partial charge < -0.3 is 0 Å². The number of aryl methyl sites for hydroxylation is 2. The molecule has 0 amide bonds. The molecule has 0 bridgehead atoms. The summed E-state index contributed by atoms with van der Waals surface area (Å²) in [6.45, 7) is 4.22. The predicted molar refractivity (Wildman–Crippen MR) is 80.3 cm³/mol. The molecule has 3 aromatic rings. The maximum atomic E-state index is 5.79. The van der Waals surface area contributed by atoms with Crippen LogP contribution in [0.3, 0.4) is 0 Å². The van der Waals surface area contributed by atoms with Crippen LogP contribution < -0.4 is 11.3 Å². The second kappa shape index (κ2) is 5.07. The van der Waals surface area contributed by atoms with E-state index in [1.165, 1.54) is 11.1 Å². The van der Waals surface area contributed by atoms with Crippen LogP contribution in [0.5, 0.6) is 0 Å². The van der Waals surface area contributed by atoms with Gasteiger partial charge in [0.2, 0.25) is 0 Å². The molecule has 0 fully saturated rings. The summed E-state index contributed by atoms with van der Waals surface area (Å²) < 4.78 is 1.86. The molecule has 0 spiro atoms. The Morgan fingerprint density at radius 2 is 2.00 bits per heavy atom. The summed E-state index contributed by atoms with van der Waals surface area (Å²) in [7, 11) is 0. The Hall–Kier alpha value is -2.17. The lowest BCUT2D eigenvalue weighted by atomic mass is 9.97. The van der Waals surface area contributed by atoms with Gasteiger partial charge in [-0.1, -0.05) is 24.3 Å². The third-order valence-electron chi connectivity index (χ3n) is 3.80. The highest BCUT2D eigenvalue weighted by atomic mass is 15.3. The van der Waals surface area contributed by atoms with Crippen molar-refractivity contribution in [1.29, 1.82) is 0 Å². The van der Waals surface area contributed by atoms with Crippen LogP contribution in [0, 0.1) is 13.8 Å². The lowest BCUT2D eigenvalue weighted by Gasteiger charge is -2.16. The number of hydrogen-bond donors (Lipinski definition) is 2. The lowest BCUT2D eigenvalue weighted by molar-refractivity contribution is 0.640. The quantitative estimate of drug-likeness (QED) is 0.565. The van der Waals surface area contributed by atoms with Gasteiger partial charge in [0.25, 0.3) is 0 Å². The first-order chi connectivity index (χ1) is 9.70. The van der Waals surface area contributed by atoms with Crippen molar-refractivity contribution in [2.75, 3.05) is 0 Å². The number of hydrogen-bond acceptors (Lipinski definition) is 3. The first-order valence-electron chi connectivity index (χ1n) is 6.66. The first kappa shape index (κ1) is 12.8. The molecule has 20 heavy (non-hydrogen) atoms. The van der Waals surface area contributed by atoms with E-state index in [4.69, 9.17) is 5.84 Å². The van der Waals surface area contributed by atoms with Crippen LogP contribution in [-0.4, -0.2) is 9.61 Å². The van der Waals surface area contributed by atoms with E-state index in [-0.39, 0.29) is 6.04 Å². The number of nitrogens with zero attached hydrogens (tertiary/aromatic N) is 2. The predicted octanol–water partition coefficient (Wildman–Crippen LogP) is 2.50. The zero-order valence-electron chi connectivity index (χ0n) is 11.7. The molecule has 0 radical (unpaired) electrons. The van der Waals surface area contributed by atoms with Crippen LogP contribution in [0.2, 0.25) is 0 Å². The van der Waals surface area contributed by atoms with Crippen molar-refractivity contribution in [2.24, 2.45) is 5.84 Å². The van der Waals surface area contributed by atoms with E-state index in [2.05, 4.69) is 42.6 Å². The molecular formula is C16H18N4. The smallest absolute Gasteiger partial charge is 0.0747 e. The van der Waals surface area contributed by atoms with Gasteiger partial charge in [0.1, 0.15) is 0 Å². The second-order valence-corrected chi connectivity index (χ2v) is 5.07. The van der Waals surface area contributed by atoms with Crippen LogP contribution in [-0.2, 0) is 0 Å². The molecule has 1 aromatic carbocycles. The van der Waals surface area contributed by atoms with E-state index in [9.17, 15) is 0 Å². The van der Waals surface area contributed by atoms with Gasteiger partial charge in [-0.3, -0.25) is 5.84 Å². The molecule has 4 nitrogen and oxygen atoms in total. The van der Waals surface area contributed by atoms with Crippen molar-refractivity contribution in [1.82, 2.24) is 15.0 Å². The average molecular weight is 266 g/mol. The zero-order chi connectivity index (χ0) is 14.1. The van der Waals surface area contributed by atoms with Gasteiger partial charge in [-0.2, -0.15) is 5.10 Å². The van der Waals surface area contributed by atoms with Crippen molar-refractivity contribution in [3.8, 4) is 0 Å². The van der Waals surface area contributed by atoms with E-state index < -0.39 is 0 Å². The monoisotopic (exact) mass is 266 g/mol. The van der Waals surface area contributed by atoms with Crippen LogP contribution in [0.4, 0.5) is 0 Å². The Morgan fingerprint density at radius 1 is 1.15 bits per heavy atom. The summed E-state index contributed by atoms with van der Waals surface area (Å²) in [6.07, 6.45) is 3.81. The normalized spacial score (nSPS) is 12.8. The topological polar surface area (TPSA) is 55.3 Å². The fourth-order valence-electron chi connectivity index (χ4n) is 2.49. The molecule has 0 aliphatic rings. The molecule has 3 rings (SSSR count). The average Bonchev–Trinajstić information content (AvgIpc) is 2.88. The molecule has 0 saturated carbocycles. The fourth-order valence-corrected chi connectivity index (χ4v) is 2.49. The number of rotatable bonds is 3. The van der Waals surface area contributed by atoms with E-state index >= 15 is 0 Å². The first-order valence-corrected chi connectivity index (χ1v) is 6.66. The number of fused-ring (bicyclic) bond motifs is 1. The molecule has 2 heterocycles. The largest absolute Gasteiger partial charge is 0.271 e. The molecule has 0 aliphatic heterocycles. The highest BCUT2D eigenvalue weighted by Gasteiger charge is 2.17. The van der Waals surface area contributed by atoms with Crippen molar-refractivity contribution >= 4 is 5.52 Å². The Labute approximate surface area is 118 Å². The van der Waals surface area contributed by atoms with Crippen LogP contribution >= 0.6 is 0 Å². The number of aromatic nitrogens is 2. The van der Waals surface area contributed by atoms with Crippen LogP contribution in [0.25, 0.3) is 5.52 Å². The number of nitrogens with two attached hydrogens (primary N) is 1. The van der Waals surface area contributed by atoms with Gasteiger partial charge in [-0.05, 0) is 42.7 Å². The maximum Gasteiger partial charge on any atom is 0.0747 e. The number of nitrogens with one attached hydrogen (secondary N) is 1. The molecule has 1 unspecified atom stereocenters. The van der Waals surface area contributed by atoms with Gasteiger partial charge >= 0.3 is 0 Å². The second-order valence-electron chi connectivity index (χ2n) is 5.07. The van der Waals surface area contributed by atoms with Crippen molar-refractivity contribution in [2.45, 2.75) is 19.9 Å². The van der Waals surface area contributed by atoms with Gasteiger partial charge in [-0.25, -0.2) is 9.94 Å². The van der Waals surface area contributed by atoms with Crippen molar-refractivity contribution in [3.05, 3.63) is 71.0 Å². The van der Waals surface area contributed by atoms with Gasteiger partial charge in [0, 0.05) is 11.8 Å². The van der Waals surface area contributed by atoms with E-state index in [1.54, 1.807) is 0 Å². The van der Waals surface area contributed by atoms with Crippen molar-refractivity contribution in [3.63, 3.8) is 0 Å². The Bertz CT molecular complexity index is 745. The van der Waals surface area contributed by atoms with E-state index in [1.807, 2.05) is 35.1 Å². The van der Waals surface area contributed by atoms with Crippen molar-refractivity contribution < 1.29 is 0 Å². The minimum atomic E-state index is -0.0609. The van der Waals surface area contributed by atoms with Gasteiger partial charge in [0.05, 0.1) is 17.8 Å². The maximum absolute atomic E-state index is 5.79. The third-order valence-corrected chi connectivity index (χ3v) is 3.80. The lowest BCUT2D eigenvalue weighted by Crippen LogP contribution is -2.28. The summed E-state index contributed by atoms with van der Waals surface area (Å²) >= 11 is 0. The van der Waals surface area contributed by atoms with Crippen LogP contribution in [0.15, 0.2) is 48.8 Å².